The number of ether oxygens (including phenoxy) is 2. The number of nitrogens with zero attached hydrogens (tertiary/aromatic N) is 1. The molecule has 9 nitrogen and oxygen atoms in total. The summed E-state index contributed by atoms with van der Waals surface area (Å²) in [6.07, 6.45) is 1.89. The molecule has 2 N–H and O–H groups in total. The Morgan fingerprint density at radius 3 is 2.46 bits per heavy atom. The molecule has 0 spiro atoms. The highest BCUT2D eigenvalue weighted by atomic mass is 32.2. The van der Waals surface area contributed by atoms with E-state index in [2.05, 4.69) is 15.2 Å². The molecule has 4 rings (SSSR count). The van der Waals surface area contributed by atoms with Crippen molar-refractivity contribution in [2.45, 2.75) is 38.0 Å². The van der Waals surface area contributed by atoms with Gasteiger partial charge in [-0.25, -0.2) is 0 Å². The fourth-order valence-electron chi connectivity index (χ4n) is 3.97. The molecule has 1 aromatic heterocycles. The van der Waals surface area contributed by atoms with Crippen molar-refractivity contribution in [2.75, 3.05) is 19.5 Å². The second-order valence-electron chi connectivity index (χ2n) is 8.19. The van der Waals surface area contributed by atoms with Gasteiger partial charge in [-0.05, 0) is 51.0 Å². The number of anilines is 1. The van der Waals surface area contributed by atoms with Gasteiger partial charge in [0.2, 0.25) is 0 Å². The minimum absolute atomic E-state index is 0.125. The Kier molecular flexibility index (Phi) is 6.83. The third-order valence-corrected chi connectivity index (χ3v) is 7.04. The summed E-state index contributed by atoms with van der Waals surface area (Å²) >= 11 is 0. The number of aryl methyl sites for hydroxylation is 2. The van der Waals surface area contributed by atoms with Crippen LogP contribution in [0.2, 0.25) is 0 Å². The monoisotopic (exact) mass is 497 g/mol. The van der Waals surface area contributed by atoms with Crippen LogP contribution in [0.3, 0.4) is 0 Å². The fraction of sp³-hybridized carbons (Fsp3) is 0.280. The highest BCUT2D eigenvalue weighted by Gasteiger charge is 2.29. The Balaban J connectivity index is 1.61. The van der Waals surface area contributed by atoms with E-state index >= 15 is 0 Å². The zero-order valence-corrected chi connectivity index (χ0v) is 20.8. The number of hydrogen-bond acceptors (Lipinski definition) is 7. The first-order chi connectivity index (χ1) is 16.7. The van der Waals surface area contributed by atoms with Crippen molar-refractivity contribution in [3.63, 3.8) is 0 Å². The lowest BCUT2D eigenvalue weighted by Gasteiger charge is -2.14. The van der Waals surface area contributed by atoms with Gasteiger partial charge in [0, 0.05) is 23.6 Å². The molecule has 0 radical (unpaired) electrons. The molecule has 0 fully saturated rings. The molecule has 1 amide bonds. The lowest BCUT2D eigenvalue weighted by molar-refractivity contribution is 0.0993. The summed E-state index contributed by atoms with van der Waals surface area (Å²) in [4.78, 5) is 15.6. The van der Waals surface area contributed by atoms with Gasteiger partial charge in [-0.3, -0.25) is 4.79 Å². The molecule has 0 saturated heterocycles. The Hall–Kier alpha value is -3.79. The van der Waals surface area contributed by atoms with Crippen LogP contribution in [-0.2, 0) is 16.4 Å². The Morgan fingerprint density at radius 2 is 1.77 bits per heavy atom. The van der Waals surface area contributed by atoms with Crippen LogP contribution in [-0.4, -0.2) is 34.3 Å². The van der Waals surface area contributed by atoms with Gasteiger partial charge < -0.3 is 19.2 Å². The number of amides is 1. The largest absolute Gasteiger partial charge is 0.497 e. The van der Waals surface area contributed by atoms with Crippen LogP contribution in [0.4, 0.5) is 5.69 Å². The van der Waals surface area contributed by atoms with E-state index in [4.69, 9.17) is 13.9 Å². The number of methoxy groups -OCH3 is 2. The smallest absolute Gasteiger partial charge is 0.291 e. The zero-order chi connectivity index (χ0) is 25.2. The fourth-order valence-corrected chi connectivity index (χ4v) is 4.80. The van der Waals surface area contributed by atoms with Gasteiger partial charge >= 0.3 is 0 Å². The van der Waals surface area contributed by atoms with E-state index < -0.39 is 15.9 Å². The number of hydrogen-bond donors (Lipinski definition) is 2. The summed E-state index contributed by atoms with van der Waals surface area (Å²) in [6.45, 7) is 3.64. The Bertz CT molecular complexity index is 1390. The Morgan fingerprint density at radius 1 is 1.03 bits per heavy atom. The van der Waals surface area contributed by atoms with E-state index in [9.17, 15) is 13.2 Å². The highest BCUT2D eigenvalue weighted by Crippen LogP contribution is 2.33. The predicted octanol–water partition coefficient (Wildman–Crippen LogP) is 4.18. The van der Waals surface area contributed by atoms with Crippen molar-refractivity contribution < 1.29 is 27.1 Å². The predicted molar refractivity (Wildman–Crippen MR) is 132 cm³/mol. The standard InChI is InChI=1S/C25H27N3O6S/c1-15-8-11-18(12-9-15)35(30,31)28-27-19-6-5-7-22-23(19)16(2)24(34-22)25(29)26-20-14-17(32-3)10-13-21(20)33-4/h8-14,28H,5-7H2,1-4H3,(H,26,29)/b27-19+. The summed E-state index contributed by atoms with van der Waals surface area (Å²) in [5.74, 6) is 1.32. The molecule has 0 unspecified atom stereocenters. The number of rotatable bonds is 7. The van der Waals surface area contributed by atoms with Gasteiger partial charge in [-0.1, -0.05) is 17.7 Å². The van der Waals surface area contributed by atoms with Crippen molar-refractivity contribution in [1.29, 1.82) is 0 Å². The van der Waals surface area contributed by atoms with Gasteiger partial charge in [-0.15, -0.1) is 0 Å². The first kappa shape index (κ1) is 24.3. The van der Waals surface area contributed by atoms with Crippen LogP contribution >= 0.6 is 0 Å². The van der Waals surface area contributed by atoms with Gasteiger partial charge in [0.1, 0.15) is 17.3 Å². The van der Waals surface area contributed by atoms with Crippen LogP contribution in [0.25, 0.3) is 0 Å². The lowest BCUT2D eigenvalue weighted by Crippen LogP contribution is -2.22. The average molecular weight is 498 g/mol. The van der Waals surface area contributed by atoms with Crippen molar-refractivity contribution in [2.24, 2.45) is 5.10 Å². The number of furan rings is 1. The maximum Gasteiger partial charge on any atom is 0.291 e. The Labute approximate surface area is 204 Å². The van der Waals surface area contributed by atoms with E-state index in [-0.39, 0.29) is 10.7 Å². The molecule has 3 aromatic rings. The second kappa shape index (κ2) is 9.83. The molecule has 1 aliphatic carbocycles. The maximum atomic E-state index is 13.1. The van der Waals surface area contributed by atoms with Crippen LogP contribution in [0.5, 0.6) is 11.5 Å². The molecule has 1 aliphatic rings. The van der Waals surface area contributed by atoms with E-state index in [0.717, 1.165) is 12.0 Å². The molecule has 2 aromatic carbocycles. The van der Waals surface area contributed by atoms with E-state index in [1.807, 2.05) is 6.92 Å². The molecule has 10 heteroatoms. The molecular formula is C25H27N3O6S. The number of carbonyl (C=O) groups excluding carboxylic acids is 1. The molecule has 184 valence electrons. The number of benzene rings is 2. The number of hydrazone groups is 1. The molecule has 0 atom stereocenters. The van der Waals surface area contributed by atoms with E-state index in [1.54, 1.807) is 37.3 Å². The summed E-state index contributed by atoms with van der Waals surface area (Å²) < 4.78 is 41.9. The number of nitrogens with one attached hydrogen (secondary N) is 2. The minimum atomic E-state index is -3.83. The van der Waals surface area contributed by atoms with Crippen LogP contribution in [0.15, 0.2) is 56.9 Å². The maximum absolute atomic E-state index is 13.1. The molecular weight excluding hydrogens is 470 g/mol. The molecule has 35 heavy (non-hydrogen) atoms. The average Bonchev–Trinajstić information content (AvgIpc) is 3.20. The summed E-state index contributed by atoms with van der Waals surface area (Å²) in [5, 5.41) is 7.02. The van der Waals surface area contributed by atoms with E-state index in [0.29, 0.717) is 52.6 Å². The van der Waals surface area contributed by atoms with Crippen molar-refractivity contribution in [3.8, 4) is 11.5 Å². The summed E-state index contributed by atoms with van der Waals surface area (Å²) in [7, 11) is -0.787. The van der Waals surface area contributed by atoms with Gasteiger partial charge in [0.15, 0.2) is 5.76 Å². The van der Waals surface area contributed by atoms with Gasteiger partial charge in [0.05, 0.1) is 30.5 Å². The van der Waals surface area contributed by atoms with Crippen LogP contribution in [0, 0.1) is 13.8 Å². The normalized spacial score (nSPS) is 14.3. The second-order valence-corrected chi connectivity index (χ2v) is 9.86. The van der Waals surface area contributed by atoms with Crippen molar-refractivity contribution >= 4 is 27.3 Å². The SMILES string of the molecule is COc1ccc(OC)c(NC(=O)c2oc3c(c2C)/C(=N/NS(=O)(=O)c2ccc(C)cc2)CCC3)c1. The first-order valence-corrected chi connectivity index (χ1v) is 12.5. The molecule has 0 bridgehead atoms. The third kappa shape index (κ3) is 5.02. The first-order valence-electron chi connectivity index (χ1n) is 11.0. The molecule has 1 heterocycles. The van der Waals surface area contributed by atoms with Crippen molar-refractivity contribution in [1.82, 2.24) is 4.83 Å². The number of carbonyl (C=O) groups is 1. The zero-order valence-electron chi connectivity index (χ0n) is 20.0. The van der Waals surface area contributed by atoms with Gasteiger partial charge in [-0.2, -0.15) is 18.4 Å². The lowest BCUT2D eigenvalue weighted by atomic mass is 9.93. The van der Waals surface area contributed by atoms with Crippen molar-refractivity contribution in [3.05, 3.63) is 70.7 Å². The van der Waals surface area contributed by atoms with Gasteiger partial charge in [0.25, 0.3) is 15.9 Å². The molecule has 0 aliphatic heterocycles. The topological polar surface area (TPSA) is 119 Å². The van der Waals surface area contributed by atoms with Crippen LogP contribution < -0.4 is 19.6 Å². The van der Waals surface area contributed by atoms with E-state index in [1.165, 1.54) is 26.4 Å². The summed E-state index contributed by atoms with van der Waals surface area (Å²) in [6, 6.07) is 11.6. The quantitative estimate of drug-likeness (QED) is 0.473. The highest BCUT2D eigenvalue weighted by molar-refractivity contribution is 7.89. The molecule has 0 saturated carbocycles. The number of sulfonamides is 1. The third-order valence-electron chi connectivity index (χ3n) is 5.82. The summed E-state index contributed by atoms with van der Waals surface area (Å²) in [5.41, 5.74) is 3.17. The minimum Gasteiger partial charge on any atom is -0.497 e. The van der Waals surface area contributed by atoms with Crippen LogP contribution in [0.1, 0.15) is 45.8 Å². The number of fused-ring (bicyclic) bond motifs is 1.